The lowest BCUT2D eigenvalue weighted by molar-refractivity contribution is 0.102. The summed E-state index contributed by atoms with van der Waals surface area (Å²) in [5.41, 5.74) is 0.369. The van der Waals surface area contributed by atoms with Crippen LogP contribution in [0, 0.1) is 5.41 Å². The molecule has 0 spiro atoms. The van der Waals surface area contributed by atoms with E-state index in [2.05, 4.69) is 38.3 Å². The van der Waals surface area contributed by atoms with E-state index in [1.165, 1.54) is 38.8 Å². The van der Waals surface area contributed by atoms with Crippen LogP contribution >= 0.6 is 12.6 Å². The van der Waals surface area contributed by atoms with Crippen molar-refractivity contribution in [1.82, 2.24) is 4.90 Å². The molecule has 0 aromatic carbocycles. The molecule has 0 saturated carbocycles. The minimum atomic E-state index is 0.369. The summed E-state index contributed by atoms with van der Waals surface area (Å²) >= 11 is 4.43. The van der Waals surface area contributed by atoms with Crippen molar-refractivity contribution in [3.8, 4) is 0 Å². The highest BCUT2D eigenvalue weighted by Gasteiger charge is 2.26. The Morgan fingerprint density at radius 2 is 2.07 bits per heavy atom. The third-order valence-corrected chi connectivity index (χ3v) is 4.14. The van der Waals surface area contributed by atoms with Crippen molar-refractivity contribution in [3.05, 3.63) is 0 Å². The quantitative estimate of drug-likeness (QED) is 0.705. The third-order valence-electron chi connectivity index (χ3n) is 3.28. The molecule has 0 amide bonds. The molecule has 2 heteroatoms. The summed E-state index contributed by atoms with van der Waals surface area (Å²) in [5.74, 6) is 0.986. The van der Waals surface area contributed by atoms with Crippen molar-refractivity contribution in [2.45, 2.75) is 52.5 Å². The summed E-state index contributed by atoms with van der Waals surface area (Å²) in [6.45, 7) is 9.48. The fraction of sp³-hybridized carbons (Fsp3) is 1.00. The SMILES string of the molecule is CCC1CCCCN1CC(C)(C)CS. The summed E-state index contributed by atoms with van der Waals surface area (Å²) < 4.78 is 0. The van der Waals surface area contributed by atoms with Crippen molar-refractivity contribution >= 4 is 12.6 Å². The van der Waals surface area contributed by atoms with Gasteiger partial charge in [0.25, 0.3) is 0 Å². The van der Waals surface area contributed by atoms with Gasteiger partial charge in [0.15, 0.2) is 0 Å². The molecule has 1 aliphatic heterocycles. The zero-order valence-electron chi connectivity index (χ0n) is 9.92. The maximum atomic E-state index is 4.43. The van der Waals surface area contributed by atoms with Crippen LogP contribution in [-0.4, -0.2) is 29.8 Å². The maximum absolute atomic E-state index is 4.43. The zero-order chi connectivity index (χ0) is 10.6. The highest BCUT2D eigenvalue weighted by atomic mass is 32.1. The third kappa shape index (κ3) is 3.47. The van der Waals surface area contributed by atoms with Gasteiger partial charge in [-0.25, -0.2) is 0 Å². The summed E-state index contributed by atoms with van der Waals surface area (Å²) in [5, 5.41) is 0. The molecule has 0 aromatic rings. The summed E-state index contributed by atoms with van der Waals surface area (Å²) in [6, 6.07) is 0.836. The molecule has 1 saturated heterocycles. The molecule has 1 aliphatic rings. The molecular weight excluding hydrogens is 190 g/mol. The lowest BCUT2D eigenvalue weighted by Gasteiger charge is -2.40. The first-order chi connectivity index (χ1) is 6.59. The number of rotatable bonds is 4. The van der Waals surface area contributed by atoms with Gasteiger partial charge in [-0.2, -0.15) is 12.6 Å². The number of nitrogens with zero attached hydrogens (tertiary/aromatic N) is 1. The van der Waals surface area contributed by atoms with Crippen molar-refractivity contribution in [2.24, 2.45) is 5.41 Å². The van der Waals surface area contributed by atoms with Gasteiger partial charge in [-0.05, 0) is 37.0 Å². The molecule has 1 rings (SSSR count). The maximum Gasteiger partial charge on any atom is 0.00928 e. The molecule has 84 valence electrons. The van der Waals surface area contributed by atoms with Crippen molar-refractivity contribution in [2.75, 3.05) is 18.8 Å². The van der Waals surface area contributed by atoms with Gasteiger partial charge in [-0.3, -0.25) is 4.90 Å². The molecule has 0 radical (unpaired) electrons. The van der Waals surface area contributed by atoms with E-state index >= 15 is 0 Å². The summed E-state index contributed by atoms with van der Waals surface area (Å²) in [6.07, 6.45) is 5.53. The number of hydrogen-bond acceptors (Lipinski definition) is 2. The number of hydrogen-bond donors (Lipinski definition) is 1. The van der Waals surface area contributed by atoms with Crippen LogP contribution in [0.2, 0.25) is 0 Å². The second-order valence-electron chi connectivity index (χ2n) is 5.35. The molecule has 0 bridgehead atoms. The monoisotopic (exact) mass is 215 g/mol. The van der Waals surface area contributed by atoms with E-state index < -0.39 is 0 Å². The highest BCUT2D eigenvalue weighted by molar-refractivity contribution is 7.80. The largest absolute Gasteiger partial charge is 0.300 e. The Bertz CT molecular complexity index is 168. The van der Waals surface area contributed by atoms with Crippen LogP contribution in [0.4, 0.5) is 0 Å². The Kier molecular flexibility index (Phi) is 4.78. The normalized spacial score (nSPS) is 25.3. The van der Waals surface area contributed by atoms with Crippen LogP contribution in [0.15, 0.2) is 0 Å². The Hall–Kier alpha value is 0.310. The fourth-order valence-corrected chi connectivity index (χ4v) is 2.43. The predicted octanol–water partition coefficient (Wildman–Crippen LogP) is 3.21. The van der Waals surface area contributed by atoms with Gasteiger partial charge in [-0.15, -0.1) is 0 Å². The van der Waals surface area contributed by atoms with Gasteiger partial charge >= 0.3 is 0 Å². The first-order valence-electron chi connectivity index (χ1n) is 5.94. The fourth-order valence-electron chi connectivity index (χ4n) is 2.33. The molecule has 14 heavy (non-hydrogen) atoms. The number of piperidine rings is 1. The molecule has 1 nitrogen and oxygen atoms in total. The van der Waals surface area contributed by atoms with Gasteiger partial charge in [0.2, 0.25) is 0 Å². The van der Waals surface area contributed by atoms with E-state index in [9.17, 15) is 0 Å². The first kappa shape index (κ1) is 12.4. The van der Waals surface area contributed by atoms with Crippen LogP contribution < -0.4 is 0 Å². The van der Waals surface area contributed by atoms with Gasteiger partial charge in [-0.1, -0.05) is 27.2 Å². The predicted molar refractivity (Wildman–Crippen MR) is 67.1 cm³/mol. The van der Waals surface area contributed by atoms with E-state index in [1.807, 2.05) is 0 Å². The molecule has 0 aromatic heterocycles. The van der Waals surface area contributed by atoms with Gasteiger partial charge in [0.05, 0.1) is 0 Å². The number of likely N-dealkylation sites (tertiary alicyclic amines) is 1. The summed E-state index contributed by atoms with van der Waals surface area (Å²) in [4.78, 5) is 2.68. The molecule has 1 heterocycles. The van der Waals surface area contributed by atoms with E-state index in [4.69, 9.17) is 0 Å². The van der Waals surface area contributed by atoms with Crippen LogP contribution in [-0.2, 0) is 0 Å². The zero-order valence-corrected chi connectivity index (χ0v) is 10.8. The minimum absolute atomic E-state index is 0.369. The second kappa shape index (κ2) is 5.41. The van der Waals surface area contributed by atoms with Crippen LogP contribution in [0.3, 0.4) is 0 Å². The standard InChI is InChI=1S/C12H25NS/c1-4-11-7-5-6-8-13(11)9-12(2,3)10-14/h11,14H,4-10H2,1-3H3. The van der Waals surface area contributed by atoms with Crippen LogP contribution in [0.25, 0.3) is 0 Å². The lowest BCUT2D eigenvalue weighted by atomic mass is 9.91. The minimum Gasteiger partial charge on any atom is -0.300 e. The topological polar surface area (TPSA) is 3.24 Å². The van der Waals surface area contributed by atoms with Gasteiger partial charge in [0.1, 0.15) is 0 Å². The lowest BCUT2D eigenvalue weighted by Crippen LogP contribution is -2.44. The average molecular weight is 215 g/mol. The van der Waals surface area contributed by atoms with Crippen LogP contribution in [0.5, 0.6) is 0 Å². The Morgan fingerprint density at radius 1 is 1.36 bits per heavy atom. The number of thiol groups is 1. The molecule has 0 N–H and O–H groups in total. The van der Waals surface area contributed by atoms with Crippen molar-refractivity contribution in [3.63, 3.8) is 0 Å². The molecule has 1 atom stereocenters. The Balaban J connectivity index is 2.48. The second-order valence-corrected chi connectivity index (χ2v) is 5.67. The van der Waals surface area contributed by atoms with E-state index in [0.717, 1.165) is 11.8 Å². The summed E-state index contributed by atoms with van der Waals surface area (Å²) in [7, 11) is 0. The molecule has 0 aliphatic carbocycles. The Morgan fingerprint density at radius 3 is 2.64 bits per heavy atom. The van der Waals surface area contributed by atoms with Crippen molar-refractivity contribution in [1.29, 1.82) is 0 Å². The van der Waals surface area contributed by atoms with E-state index in [1.54, 1.807) is 0 Å². The molecular formula is C12H25NS. The first-order valence-corrected chi connectivity index (χ1v) is 6.57. The Labute approximate surface area is 94.7 Å². The highest BCUT2D eigenvalue weighted by Crippen LogP contribution is 2.25. The van der Waals surface area contributed by atoms with E-state index in [-0.39, 0.29) is 0 Å². The smallest absolute Gasteiger partial charge is 0.00928 e. The van der Waals surface area contributed by atoms with Gasteiger partial charge in [0, 0.05) is 12.6 Å². The molecule has 1 fully saturated rings. The average Bonchev–Trinajstić information content (AvgIpc) is 2.18. The van der Waals surface area contributed by atoms with Crippen LogP contribution in [0.1, 0.15) is 46.5 Å². The van der Waals surface area contributed by atoms with Gasteiger partial charge < -0.3 is 0 Å². The molecule has 1 unspecified atom stereocenters. The van der Waals surface area contributed by atoms with E-state index in [0.29, 0.717) is 5.41 Å². The van der Waals surface area contributed by atoms with Crippen molar-refractivity contribution < 1.29 is 0 Å².